The van der Waals surface area contributed by atoms with Crippen LogP contribution in [-0.4, -0.2) is 32.9 Å². The molecule has 0 bridgehead atoms. The standard InChI is InChI=1S/C20H21N3O3/c1-5-26-19(25)11-18(24)15-6-8-16(9-7-15)23-14(4)22-20-13(3)21-12(2)10-17(20)23/h6-10H,5,11H2,1-4H3. The van der Waals surface area contributed by atoms with Crippen LogP contribution in [0.2, 0.25) is 0 Å². The zero-order valence-corrected chi connectivity index (χ0v) is 15.4. The van der Waals surface area contributed by atoms with Crippen LogP contribution in [-0.2, 0) is 9.53 Å². The van der Waals surface area contributed by atoms with Gasteiger partial charge in [0.25, 0.3) is 0 Å². The molecule has 0 N–H and O–H groups in total. The maximum absolute atomic E-state index is 12.2. The third-order valence-electron chi connectivity index (χ3n) is 4.17. The monoisotopic (exact) mass is 351 g/mol. The van der Waals surface area contributed by atoms with E-state index in [1.807, 2.05) is 43.5 Å². The molecule has 6 heteroatoms. The van der Waals surface area contributed by atoms with Crippen molar-refractivity contribution in [2.24, 2.45) is 0 Å². The van der Waals surface area contributed by atoms with Gasteiger partial charge in [0.1, 0.15) is 17.8 Å². The first-order valence-corrected chi connectivity index (χ1v) is 8.53. The third kappa shape index (κ3) is 3.35. The predicted octanol–water partition coefficient (Wildman–Crippen LogP) is 3.48. The van der Waals surface area contributed by atoms with Gasteiger partial charge in [-0.2, -0.15) is 0 Å². The van der Waals surface area contributed by atoms with Gasteiger partial charge in [0, 0.05) is 16.9 Å². The van der Waals surface area contributed by atoms with Gasteiger partial charge >= 0.3 is 5.97 Å². The number of ketones is 1. The van der Waals surface area contributed by atoms with Crippen molar-refractivity contribution >= 4 is 22.8 Å². The number of aromatic nitrogens is 3. The van der Waals surface area contributed by atoms with Crippen LogP contribution < -0.4 is 0 Å². The van der Waals surface area contributed by atoms with Crippen LogP contribution in [0.4, 0.5) is 0 Å². The highest BCUT2D eigenvalue weighted by Gasteiger charge is 2.15. The Hall–Kier alpha value is -3.02. The van der Waals surface area contributed by atoms with Crippen molar-refractivity contribution in [3.05, 3.63) is 53.1 Å². The van der Waals surface area contributed by atoms with Gasteiger partial charge in [-0.15, -0.1) is 0 Å². The molecule has 2 heterocycles. The van der Waals surface area contributed by atoms with Crippen molar-refractivity contribution in [3.8, 4) is 5.69 Å². The molecule has 0 fully saturated rings. The van der Waals surface area contributed by atoms with E-state index < -0.39 is 5.97 Å². The van der Waals surface area contributed by atoms with Gasteiger partial charge < -0.3 is 4.74 Å². The summed E-state index contributed by atoms with van der Waals surface area (Å²) >= 11 is 0. The smallest absolute Gasteiger partial charge is 0.313 e. The first-order chi connectivity index (χ1) is 12.4. The largest absolute Gasteiger partial charge is 0.466 e. The summed E-state index contributed by atoms with van der Waals surface area (Å²) in [5.74, 6) is 0.0932. The summed E-state index contributed by atoms with van der Waals surface area (Å²) in [6.45, 7) is 7.83. The number of rotatable bonds is 5. The van der Waals surface area contributed by atoms with E-state index in [9.17, 15) is 9.59 Å². The Balaban J connectivity index is 1.94. The van der Waals surface area contributed by atoms with E-state index in [1.54, 1.807) is 19.1 Å². The molecule has 0 amide bonds. The minimum Gasteiger partial charge on any atom is -0.466 e. The summed E-state index contributed by atoms with van der Waals surface area (Å²) in [5, 5.41) is 0. The number of imidazole rings is 1. The number of ether oxygens (including phenoxy) is 1. The summed E-state index contributed by atoms with van der Waals surface area (Å²) in [6, 6.07) is 9.17. The topological polar surface area (TPSA) is 74.1 Å². The van der Waals surface area contributed by atoms with Gasteiger partial charge in [0.05, 0.1) is 17.8 Å². The average Bonchev–Trinajstić information content (AvgIpc) is 2.91. The second kappa shape index (κ2) is 7.07. The van der Waals surface area contributed by atoms with Crippen LogP contribution in [0, 0.1) is 20.8 Å². The van der Waals surface area contributed by atoms with Crippen LogP contribution in [0.5, 0.6) is 0 Å². The molecule has 0 unspecified atom stereocenters. The third-order valence-corrected chi connectivity index (χ3v) is 4.17. The fourth-order valence-corrected chi connectivity index (χ4v) is 3.06. The molecule has 0 radical (unpaired) electrons. The fourth-order valence-electron chi connectivity index (χ4n) is 3.06. The molecule has 6 nitrogen and oxygen atoms in total. The number of benzene rings is 1. The van der Waals surface area contributed by atoms with Crippen LogP contribution in [0.25, 0.3) is 16.7 Å². The lowest BCUT2D eigenvalue weighted by atomic mass is 10.1. The second-order valence-corrected chi connectivity index (χ2v) is 6.16. The average molecular weight is 351 g/mol. The van der Waals surface area contributed by atoms with Crippen molar-refractivity contribution in [1.29, 1.82) is 0 Å². The van der Waals surface area contributed by atoms with Gasteiger partial charge in [0.2, 0.25) is 0 Å². The molecule has 3 aromatic rings. The predicted molar refractivity (Wildman–Crippen MR) is 98.7 cm³/mol. The highest BCUT2D eigenvalue weighted by atomic mass is 16.5. The van der Waals surface area contributed by atoms with Gasteiger partial charge in [-0.05, 0) is 58.0 Å². The SMILES string of the molecule is CCOC(=O)CC(=O)c1ccc(-n2c(C)nc3c(C)nc(C)cc32)cc1. The molecule has 26 heavy (non-hydrogen) atoms. The number of Topliss-reactive ketones (excluding diaryl/α,β-unsaturated/α-hetero) is 1. The van der Waals surface area contributed by atoms with Crippen LogP contribution in [0.3, 0.4) is 0 Å². The minimum atomic E-state index is -0.503. The van der Waals surface area contributed by atoms with Crippen LogP contribution in [0.1, 0.15) is 40.9 Å². The van der Waals surface area contributed by atoms with E-state index in [4.69, 9.17) is 4.74 Å². The van der Waals surface area contributed by atoms with E-state index in [-0.39, 0.29) is 18.8 Å². The van der Waals surface area contributed by atoms with Crippen LogP contribution in [0.15, 0.2) is 30.3 Å². The number of fused-ring (bicyclic) bond motifs is 1. The van der Waals surface area contributed by atoms with Gasteiger partial charge in [0.15, 0.2) is 5.78 Å². The quantitative estimate of drug-likeness (QED) is 0.400. The Morgan fingerprint density at radius 3 is 2.42 bits per heavy atom. The highest BCUT2D eigenvalue weighted by molar-refractivity contribution is 6.06. The van der Waals surface area contributed by atoms with Gasteiger partial charge in [-0.3, -0.25) is 19.1 Å². The lowest BCUT2D eigenvalue weighted by Crippen LogP contribution is -2.11. The number of esters is 1. The van der Waals surface area contributed by atoms with E-state index in [1.165, 1.54) is 0 Å². The summed E-state index contributed by atoms with van der Waals surface area (Å²) in [6.07, 6.45) is -0.246. The number of aryl methyl sites for hydroxylation is 3. The lowest BCUT2D eigenvalue weighted by molar-refractivity contribution is -0.141. The Labute approximate surface area is 151 Å². The first-order valence-electron chi connectivity index (χ1n) is 8.53. The Kier molecular flexibility index (Phi) is 4.84. The summed E-state index contributed by atoms with van der Waals surface area (Å²) < 4.78 is 6.86. The first kappa shape index (κ1) is 17.8. The molecular formula is C20H21N3O3. The zero-order chi connectivity index (χ0) is 18.8. The number of pyridine rings is 1. The summed E-state index contributed by atoms with van der Waals surface area (Å²) in [4.78, 5) is 32.7. The molecule has 0 aliphatic rings. The number of carbonyl (C=O) groups is 2. The second-order valence-electron chi connectivity index (χ2n) is 6.16. The van der Waals surface area contributed by atoms with Crippen LogP contribution >= 0.6 is 0 Å². The van der Waals surface area contributed by atoms with Crippen molar-refractivity contribution < 1.29 is 14.3 Å². The van der Waals surface area contributed by atoms with Gasteiger partial charge in [-0.1, -0.05) is 0 Å². The highest BCUT2D eigenvalue weighted by Crippen LogP contribution is 2.24. The molecule has 3 rings (SSSR count). The molecule has 0 spiro atoms. The van der Waals surface area contributed by atoms with Crippen molar-refractivity contribution in [3.63, 3.8) is 0 Å². The van der Waals surface area contributed by atoms with E-state index in [0.29, 0.717) is 5.56 Å². The van der Waals surface area contributed by atoms with Crippen molar-refractivity contribution in [1.82, 2.24) is 14.5 Å². The molecule has 134 valence electrons. The lowest BCUT2D eigenvalue weighted by Gasteiger charge is -2.09. The summed E-state index contributed by atoms with van der Waals surface area (Å²) in [5.41, 5.74) is 5.06. The van der Waals surface area contributed by atoms with Crippen molar-refractivity contribution in [2.75, 3.05) is 6.61 Å². The Morgan fingerprint density at radius 1 is 1.08 bits per heavy atom. The molecule has 0 aliphatic heterocycles. The molecule has 0 saturated heterocycles. The zero-order valence-electron chi connectivity index (χ0n) is 15.4. The van der Waals surface area contributed by atoms with Crippen molar-refractivity contribution in [2.45, 2.75) is 34.1 Å². The maximum Gasteiger partial charge on any atom is 0.313 e. The van der Waals surface area contributed by atoms with E-state index >= 15 is 0 Å². The minimum absolute atomic E-state index is 0.246. The number of hydrogen-bond donors (Lipinski definition) is 0. The fraction of sp³-hybridized carbons (Fsp3) is 0.300. The van der Waals surface area contributed by atoms with Gasteiger partial charge in [-0.25, -0.2) is 4.98 Å². The molecule has 1 aromatic carbocycles. The molecule has 0 saturated carbocycles. The maximum atomic E-state index is 12.2. The summed E-state index contributed by atoms with van der Waals surface area (Å²) in [7, 11) is 0. The molecule has 0 atom stereocenters. The normalized spacial score (nSPS) is 10.9. The molecular weight excluding hydrogens is 330 g/mol. The molecule has 2 aromatic heterocycles. The van der Waals surface area contributed by atoms with E-state index in [2.05, 4.69) is 9.97 Å². The number of carbonyl (C=O) groups excluding carboxylic acids is 2. The number of nitrogens with zero attached hydrogens (tertiary/aromatic N) is 3. The Morgan fingerprint density at radius 2 is 1.77 bits per heavy atom. The number of hydrogen-bond acceptors (Lipinski definition) is 5. The molecule has 0 aliphatic carbocycles. The van der Waals surface area contributed by atoms with E-state index in [0.717, 1.165) is 33.9 Å². The Bertz CT molecular complexity index is 988.